The molecule has 2 aromatic rings. The second-order valence-corrected chi connectivity index (χ2v) is 7.74. The van der Waals surface area contributed by atoms with Crippen molar-refractivity contribution in [3.63, 3.8) is 0 Å². The van der Waals surface area contributed by atoms with Gasteiger partial charge in [-0.1, -0.05) is 18.2 Å². The first-order valence-electron chi connectivity index (χ1n) is 9.15. The van der Waals surface area contributed by atoms with E-state index in [1.165, 1.54) is 11.3 Å². The lowest BCUT2D eigenvalue weighted by Gasteiger charge is -2.29. The van der Waals surface area contributed by atoms with E-state index < -0.39 is 11.9 Å². The van der Waals surface area contributed by atoms with Gasteiger partial charge < -0.3 is 15.5 Å². The largest absolute Gasteiger partial charge is 0.357 e. The zero-order valence-electron chi connectivity index (χ0n) is 15.4. The Morgan fingerprint density at radius 2 is 2.14 bits per heavy atom. The summed E-state index contributed by atoms with van der Waals surface area (Å²) >= 11 is 1.52. The van der Waals surface area contributed by atoms with Crippen LogP contribution in [0.2, 0.25) is 0 Å². The van der Waals surface area contributed by atoms with Gasteiger partial charge in [-0.15, -0.1) is 11.3 Å². The lowest BCUT2D eigenvalue weighted by molar-refractivity contribution is -0.136. The first kappa shape index (κ1) is 18.6. The minimum atomic E-state index is -0.596. The van der Waals surface area contributed by atoms with Crippen LogP contribution in [-0.4, -0.2) is 40.7 Å². The molecule has 4 rings (SSSR count). The monoisotopic (exact) mass is 399 g/mol. The molecule has 0 saturated carbocycles. The summed E-state index contributed by atoms with van der Waals surface area (Å²) < 4.78 is 0. The predicted octanol–water partition coefficient (Wildman–Crippen LogP) is 1.24. The van der Waals surface area contributed by atoms with Crippen LogP contribution in [0.15, 0.2) is 23.6 Å². The van der Waals surface area contributed by atoms with Crippen LogP contribution in [0.4, 0.5) is 5.13 Å². The number of carbonyl (C=O) groups is 3. The van der Waals surface area contributed by atoms with Crippen LogP contribution in [0.3, 0.4) is 0 Å². The highest BCUT2D eigenvalue weighted by molar-refractivity contribution is 7.13. The number of anilines is 1. The topological polar surface area (TPSA) is 103 Å². The summed E-state index contributed by atoms with van der Waals surface area (Å²) in [6.45, 7) is 1.57. The molecule has 9 heteroatoms. The lowest BCUT2D eigenvalue weighted by atomic mass is 10.0. The molecule has 8 nitrogen and oxygen atoms in total. The van der Waals surface area contributed by atoms with E-state index in [-0.39, 0.29) is 18.2 Å². The quantitative estimate of drug-likeness (QED) is 0.632. The van der Waals surface area contributed by atoms with E-state index in [0.29, 0.717) is 31.6 Å². The number of rotatable bonds is 6. The van der Waals surface area contributed by atoms with Crippen LogP contribution in [0.5, 0.6) is 0 Å². The molecule has 1 atom stereocenters. The van der Waals surface area contributed by atoms with Gasteiger partial charge in [0.1, 0.15) is 6.04 Å². The molecule has 146 valence electrons. The maximum atomic E-state index is 13.1. The van der Waals surface area contributed by atoms with Crippen LogP contribution >= 0.6 is 11.3 Å². The summed E-state index contributed by atoms with van der Waals surface area (Å²) in [7, 11) is 1.87. The average molecular weight is 399 g/mol. The van der Waals surface area contributed by atoms with Gasteiger partial charge in [0.05, 0.1) is 5.69 Å². The summed E-state index contributed by atoms with van der Waals surface area (Å²) in [6, 6.07) is 5.16. The second-order valence-electron chi connectivity index (χ2n) is 6.88. The summed E-state index contributed by atoms with van der Waals surface area (Å²) in [5, 5.41) is 11.5. The fraction of sp³-hybridized carbons (Fsp3) is 0.368. The van der Waals surface area contributed by atoms with E-state index in [0.717, 1.165) is 22.0 Å². The number of nitrogens with zero attached hydrogens (tertiary/aromatic N) is 2. The number of carbonyl (C=O) groups excluding carboxylic acids is 3. The van der Waals surface area contributed by atoms with E-state index in [4.69, 9.17) is 0 Å². The van der Waals surface area contributed by atoms with E-state index in [2.05, 4.69) is 20.9 Å². The Labute approximate surface area is 166 Å². The van der Waals surface area contributed by atoms with Crippen molar-refractivity contribution in [2.45, 2.75) is 38.5 Å². The summed E-state index contributed by atoms with van der Waals surface area (Å²) in [5.41, 5.74) is 3.40. The van der Waals surface area contributed by atoms with Crippen molar-refractivity contribution in [1.29, 1.82) is 0 Å². The number of aromatic nitrogens is 1. The molecule has 0 radical (unpaired) electrons. The van der Waals surface area contributed by atoms with E-state index in [1.807, 2.05) is 30.6 Å². The number of piperidine rings is 1. The highest BCUT2D eigenvalue weighted by Gasteiger charge is 2.39. The van der Waals surface area contributed by atoms with Crippen molar-refractivity contribution in [3.8, 4) is 0 Å². The maximum Gasteiger partial charge on any atom is 0.255 e. The normalized spacial score (nSPS) is 19.0. The van der Waals surface area contributed by atoms with Crippen LogP contribution in [0, 0.1) is 0 Å². The van der Waals surface area contributed by atoms with E-state index in [1.54, 1.807) is 4.90 Å². The van der Waals surface area contributed by atoms with Crippen molar-refractivity contribution in [2.75, 3.05) is 12.4 Å². The van der Waals surface area contributed by atoms with Crippen molar-refractivity contribution in [2.24, 2.45) is 0 Å². The Hall–Kier alpha value is -2.78. The summed E-state index contributed by atoms with van der Waals surface area (Å²) in [5.74, 6) is -0.828. The number of hydrogen-bond donors (Lipinski definition) is 3. The number of fused-ring (bicyclic) bond motifs is 1. The Bertz CT molecular complexity index is 941. The number of imide groups is 1. The van der Waals surface area contributed by atoms with Crippen molar-refractivity contribution < 1.29 is 14.4 Å². The van der Waals surface area contributed by atoms with Crippen molar-refractivity contribution >= 4 is 34.2 Å². The highest BCUT2D eigenvalue weighted by Crippen LogP contribution is 2.30. The molecule has 0 aliphatic carbocycles. The number of benzene rings is 1. The van der Waals surface area contributed by atoms with Crippen LogP contribution < -0.4 is 16.0 Å². The molecule has 28 heavy (non-hydrogen) atoms. The van der Waals surface area contributed by atoms with Crippen LogP contribution in [-0.2, 0) is 29.2 Å². The Morgan fingerprint density at radius 3 is 2.93 bits per heavy atom. The molecule has 2 aliphatic heterocycles. The molecular weight excluding hydrogens is 378 g/mol. The number of amides is 3. The number of thiazole rings is 1. The first-order chi connectivity index (χ1) is 13.6. The third-order valence-electron chi connectivity index (χ3n) is 4.98. The van der Waals surface area contributed by atoms with Gasteiger partial charge in [0.15, 0.2) is 5.13 Å². The van der Waals surface area contributed by atoms with Crippen molar-refractivity contribution in [1.82, 2.24) is 20.5 Å². The molecule has 1 unspecified atom stereocenters. The maximum absolute atomic E-state index is 13.1. The van der Waals surface area contributed by atoms with Gasteiger partial charge in [-0.05, 0) is 24.6 Å². The van der Waals surface area contributed by atoms with Gasteiger partial charge in [0.25, 0.3) is 5.91 Å². The second kappa shape index (κ2) is 7.69. The van der Waals surface area contributed by atoms with E-state index in [9.17, 15) is 14.4 Å². The number of hydrogen-bond acceptors (Lipinski definition) is 7. The fourth-order valence-electron chi connectivity index (χ4n) is 3.66. The predicted molar refractivity (Wildman–Crippen MR) is 105 cm³/mol. The molecule has 3 N–H and O–H groups in total. The van der Waals surface area contributed by atoms with Gasteiger partial charge in [-0.2, -0.15) is 0 Å². The molecule has 0 spiro atoms. The van der Waals surface area contributed by atoms with Gasteiger partial charge in [-0.3, -0.25) is 19.7 Å². The number of nitrogens with one attached hydrogen (secondary N) is 3. The first-order valence-corrected chi connectivity index (χ1v) is 10.0. The molecule has 3 heterocycles. The standard InChI is InChI=1S/C19H21N5O3S/c1-20-8-13-10-28-19(22-13)21-7-11-3-2-4-12-9-24(18(27)16(11)12)14-5-6-15(25)23-17(14)26/h2-4,10,14,20H,5-9H2,1H3,(H,21,22)(H,23,25,26). The zero-order chi connectivity index (χ0) is 19.7. The van der Waals surface area contributed by atoms with Gasteiger partial charge in [-0.25, -0.2) is 4.98 Å². The minimum absolute atomic E-state index is 0.156. The third kappa shape index (κ3) is 3.50. The molecule has 3 amide bonds. The Kier molecular flexibility index (Phi) is 5.10. The highest BCUT2D eigenvalue weighted by atomic mass is 32.1. The smallest absolute Gasteiger partial charge is 0.255 e. The average Bonchev–Trinajstić information content (AvgIpc) is 3.25. The minimum Gasteiger partial charge on any atom is -0.357 e. The molecule has 1 aromatic heterocycles. The molecule has 0 bridgehead atoms. The SMILES string of the molecule is CNCc1csc(NCc2cccc3c2C(=O)N(C2CCC(=O)NC2=O)C3)n1. The van der Waals surface area contributed by atoms with Crippen LogP contribution in [0.25, 0.3) is 0 Å². The van der Waals surface area contributed by atoms with Crippen LogP contribution in [0.1, 0.15) is 40.0 Å². The van der Waals surface area contributed by atoms with Gasteiger partial charge in [0, 0.05) is 37.0 Å². The summed E-state index contributed by atoms with van der Waals surface area (Å²) in [4.78, 5) is 42.7. The van der Waals surface area contributed by atoms with Crippen molar-refractivity contribution in [3.05, 3.63) is 46.0 Å². The third-order valence-corrected chi connectivity index (χ3v) is 5.83. The molecule has 1 fully saturated rings. The van der Waals surface area contributed by atoms with Gasteiger partial charge >= 0.3 is 0 Å². The summed E-state index contributed by atoms with van der Waals surface area (Å²) in [6.07, 6.45) is 0.620. The fourth-order valence-corrected chi connectivity index (χ4v) is 4.37. The molecule has 1 aromatic carbocycles. The molecule has 2 aliphatic rings. The zero-order valence-corrected chi connectivity index (χ0v) is 16.3. The Morgan fingerprint density at radius 1 is 1.29 bits per heavy atom. The Balaban J connectivity index is 1.50. The lowest BCUT2D eigenvalue weighted by Crippen LogP contribution is -2.52. The van der Waals surface area contributed by atoms with E-state index >= 15 is 0 Å². The molecular formula is C19H21N5O3S. The van der Waals surface area contributed by atoms with Gasteiger partial charge in [0.2, 0.25) is 11.8 Å². The molecule has 1 saturated heterocycles.